The number of sulfonamides is 1. The van der Waals surface area contributed by atoms with Gasteiger partial charge in [-0.3, -0.25) is 4.90 Å². The van der Waals surface area contributed by atoms with Crippen molar-refractivity contribution in [2.45, 2.75) is 18.4 Å². The van der Waals surface area contributed by atoms with Gasteiger partial charge in [-0.25, -0.2) is 17.8 Å². The Kier molecular flexibility index (Phi) is 4.97. The van der Waals surface area contributed by atoms with Gasteiger partial charge >= 0.3 is 0 Å². The Morgan fingerprint density at radius 1 is 1.45 bits per heavy atom. The Bertz CT molecular complexity index is 536. The molecule has 1 fully saturated rings. The Hall–Kier alpha value is -1.16. The van der Waals surface area contributed by atoms with E-state index in [1.54, 1.807) is 0 Å². The lowest BCUT2D eigenvalue weighted by molar-refractivity contribution is 0.0390. The van der Waals surface area contributed by atoms with Crippen LogP contribution in [0.4, 0.5) is 5.82 Å². The number of nitrogen functional groups attached to an aromatic ring is 1. The van der Waals surface area contributed by atoms with E-state index in [0.717, 1.165) is 13.1 Å². The zero-order valence-corrected chi connectivity index (χ0v) is 12.4. The Balaban J connectivity index is 1.91. The van der Waals surface area contributed by atoms with Crippen molar-refractivity contribution in [3.05, 3.63) is 6.20 Å². The van der Waals surface area contributed by atoms with E-state index in [4.69, 9.17) is 10.5 Å². The van der Waals surface area contributed by atoms with Crippen LogP contribution in [0.3, 0.4) is 0 Å². The third kappa shape index (κ3) is 3.48. The van der Waals surface area contributed by atoms with Gasteiger partial charge in [-0.1, -0.05) is 0 Å². The molecule has 114 valence electrons. The van der Waals surface area contributed by atoms with Crippen molar-refractivity contribution < 1.29 is 13.2 Å². The molecule has 0 bridgehead atoms. The van der Waals surface area contributed by atoms with Crippen LogP contribution >= 0.6 is 0 Å². The molecule has 0 saturated carbocycles. The minimum atomic E-state index is -3.60. The largest absolute Gasteiger partial charge is 0.383 e. The lowest BCUT2D eigenvalue weighted by Gasteiger charge is -2.26. The average molecular weight is 303 g/mol. The molecular weight excluding hydrogens is 282 g/mol. The fraction of sp³-hybridized carbons (Fsp3) is 0.727. The third-order valence-electron chi connectivity index (χ3n) is 3.26. The van der Waals surface area contributed by atoms with Crippen molar-refractivity contribution in [3.8, 4) is 0 Å². The van der Waals surface area contributed by atoms with Crippen LogP contribution < -0.4 is 10.5 Å². The molecule has 0 amide bonds. The second kappa shape index (κ2) is 6.53. The molecule has 2 heterocycles. The quantitative estimate of drug-likeness (QED) is 0.706. The number of aromatic nitrogens is 2. The zero-order valence-electron chi connectivity index (χ0n) is 11.6. The van der Waals surface area contributed by atoms with E-state index in [1.807, 2.05) is 6.92 Å². The molecule has 0 unspecified atom stereocenters. The molecule has 0 radical (unpaired) electrons. The lowest BCUT2D eigenvalue weighted by atomic mass is 10.4. The molecular formula is C11H21N5O3S. The van der Waals surface area contributed by atoms with Crippen LogP contribution in [0.15, 0.2) is 11.1 Å². The highest BCUT2D eigenvalue weighted by molar-refractivity contribution is 7.89. The molecule has 8 nitrogen and oxygen atoms in total. The summed E-state index contributed by atoms with van der Waals surface area (Å²) in [5.74, 6) is 0.173. The van der Waals surface area contributed by atoms with E-state index in [9.17, 15) is 8.42 Å². The molecule has 1 aromatic heterocycles. The topological polar surface area (TPSA) is 102 Å². The molecule has 0 spiro atoms. The van der Waals surface area contributed by atoms with Crippen molar-refractivity contribution >= 4 is 15.8 Å². The molecule has 1 saturated heterocycles. The predicted octanol–water partition coefficient (Wildman–Crippen LogP) is -0.904. The number of aryl methyl sites for hydroxylation is 1. The highest BCUT2D eigenvalue weighted by Gasteiger charge is 2.21. The van der Waals surface area contributed by atoms with Gasteiger partial charge in [0.15, 0.2) is 0 Å². The minimum Gasteiger partial charge on any atom is -0.383 e. The minimum absolute atomic E-state index is 0.0429. The summed E-state index contributed by atoms with van der Waals surface area (Å²) in [6, 6.07) is 0. The summed E-state index contributed by atoms with van der Waals surface area (Å²) in [4.78, 5) is 2.20. The van der Waals surface area contributed by atoms with Crippen LogP contribution in [0.2, 0.25) is 0 Å². The maximum absolute atomic E-state index is 12.1. The second-order valence-corrected chi connectivity index (χ2v) is 6.30. The number of nitrogens with zero attached hydrogens (tertiary/aromatic N) is 3. The van der Waals surface area contributed by atoms with Gasteiger partial charge in [0.05, 0.1) is 19.4 Å². The summed E-state index contributed by atoms with van der Waals surface area (Å²) < 4.78 is 33.5. The molecule has 0 aliphatic carbocycles. The number of hydrogen-bond donors (Lipinski definition) is 2. The first-order valence-electron chi connectivity index (χ1n) is 6.65. The first kappa shape index (κ1) is 15.2. The van der Waals surface area contributed by atoms with Gasteiger partial charge in [-0.15, -0.1) is 0 Å². The van der Waals surface area contributed by atoms with E-state index in [2.05, 4.69) is 14.7 Å². The molecule has 1 aromatic rings. The van der Waals surface area contributed by atoms with Gasteiger partial charge in [0.25, 0.3) is 0 Å². The molecule has 1 aliphatic rings. The Labute approximate surface area is 118 Å². The summed E-state index contributed by atoms with van der Waals surface area (Å²) in [6.45, 7) is 6.45. The van der Waals surface area contributed by atoms with Gasteiger partial charge < -0.3 is 10.5 Å². The Morgan fingerprint density at radius 3 is 2.75 bits per heavy atom. The molecule has 3 N–H and O–H groups in total. The van der Waals surface area contributed by atoms with Gasteiger partial charge in [0, 0.05) is 32.7 Å². The second-order valence-electron chi connectivity index (χ2n) is 4.56. The molecule has 0 atom stereocenters. The van der Waals surface area contributed by atoms with Gasteiger partial charge in [0.2, 0.25) is 10.0 Å². The number of nitrogens with two attached hydrogens (primary N) is 1. The first-order chi connectivity index (χ1) is 9.54. The fourth-order valence-corrected chi connectivity index (χ4v) is 3.16. The maximum atomic E-state index is 12.1. The standard InChI is InChI=1S/C11H21N5O3S/c1-2-16-11(12)10(9-13-16)20(17,18)14-3-4-15-5-7-19-8-6-15/h9,14H,2-8,12H2,1H3. The van der Waals surface area contributed by atoms with Crippen LogP contribution in [0.5, 0.6) is 0 Å². The summed E-state index contributed by atoms with van der Waals surface area (Å²) >= 11 is 0. The van der Waals surface area contributed by atoms with Crippen molar-refractivity contribution in [2.24, 2.45) is 0 Å². The smallest absolute Gasteiger partial charge is 0.245 e. The van der Waals surface area contributed by atoms with Crippen molar-refractivity contribution in [1.29, 1.82) is 0 Å². The lowest BCUT2D eigenvalue weighted by Crippen LogP contribution is -2.41. The SMILES string of the molecule is CCn1ncc(S(=O)(=O)NCCN2CCOCC2)c1N. The molecule has 0 aromatic carbocycles. The van der Waals surface area contributed by atoms with Crippen molar-refractivity contribution in [2.75, 3.05) is 45.1 Å². The first-order valence-corrected chi connectivity index (χ1v) is 8.14. The van der Waals surface area contributed by atoms with Crippen LogP contribution in [0, 0.1) is 0 Å². The number of rotatable bonds is 6. The highest BCUT2D eigenvalue weighted by atomic mass is 32.2. The third-order valence-corrected chi connectivity index (χ3v) is 4.74. The van der Waals surface area contributed by atoms with Gasteiger partial charge in [-0.05, 0) is 6.92 Å². The van der Waals surface area contributed by atoms with E-state index in [1.165, 1.54) is 10.9 Å². The molecule has 9 heteroatoms. The fourth-order valence-electron chi connectivity index (χ4n) is 2.08. The predicted molar refractivity (Wildman–Crippen MR) is 74.8 cm³/mol. The summed E-state index contributed by atoms with van der Waals surface area (Å²) in [7, 11) is -3.60. The van der Waals surface area contributed by atoms with Crippen molar-refractivity contribution in [3.63, 3.8) is 0 Å². The number of ether oxygens (including phenoxy) is 1. The summed E-state index contributed by atoms with van der Waals surface area (Å²) in [5, 5.41) is 3.94. The number of anilines is 1. The van der Waals surface area contributed by atoms with E-state index >= 15 is 0 Å². The van der Waals surface area contributed by atoms with Gasteiger partial charge in [0.1, 0.15) is 10.7 Å². The molecule has 2 rings (SSSR count). The normalized spacial score (nSPS) is 17.4. The van der Waals surface area contributed by atoms with Crippen molar-refractivity contribution in [1.82, 2.24) is 19.4 Å². The molecule has 20 heavy (non-hydrogen) atoms. The maximum Gasteiger partial charge on any atom is 0.245 e. The van der Waals surface area contributed by atoms with Gasteiger partial charge in [-0.2, -0.15) is 5.10 Å². The number of hydrogen-bond acceptors (Lipinski definition) is 6. The highest BCUT2D eigenvalue weighted by Crippen LogP contribution is 2.16. The van der Waals surface area contributed by atoms with Crippen LogP contribution in [-0.2, 0) is 21.3 Å². The van der Waals surface area contributed by atoms with E-state index in [0.29, 0.717) is 32.8 Å². The van der Waals surface area contributed by atoms with Crippen LogP contribution in [-0.4, -0.2) is 62.5 Å². The van der Waals surface area contributed by atoms with E-state index in [-0.39, 0.29) is 10.7 Å². The van der Waals surface area contributed by atoms with E-state index < -0.39 is 10.0 Å². The monoisotopic (exact) mass is 303 g/mol. The zero-order chi connectivity index (χ0) is 14.6. The Morgan fingerprint density at radius 2 is 2.15 bits per heavy atom. The molecule has 1 aliphatic heterocycles. The van der Waals surface area contributed by atoms with Crippen LogP contribution in [0.25, 0.3) is 0 Å². The van der Waals surface area contributed by atoms with Crippen LogP contribution in [0.1, 0.15) is 6.92 Å². The summed E-state index contributed by atoms with van der Waals surface area (Å²) in [6.07, 6.45) is 1.29. The summed E-state index contributed by atoms with van der Waals surface area (Å²) in [5.41, 5.74) is 5.77. The number of morpholine rings is 1. The number of nitrogens with one attached hydrogen (secondary N) is 1. The average Bonchev–Trinajstić information content (AvgIpc) is 2.81.